The van der Waals surface area contributed by atoms with E-state index >= 15 is 0 Å². The van der Waals surface area contributed by atoms with Gasteiger partial charge in [-0.25, -0.2) is 9.59 Å². The summed E-state index contributed by atoms with van der Waals surface area (Å²) in [7, 11) is 0. The smallest absolute Gasteiger partial charge is 0.350 e. The number of carbonyl (C=O) groups is 2. The third-order valence-electron chi connectivity index (χ3n) is 4.20. The average Bonchev–Trinajstić information content (AvgIpc) is 2.40. The van der Waals surface area contributed by atoms with E-state index < -0.39 is 11.6 Å². The molecule has 2 aliphatic heterocycles. The Morgan fingerprint density at radius 3 is 2.59 bits per heavy atom. The highest BCUT2D eigenvalue weighted by molar-refractivity contribution is 5.88. The van der Waals surface area contributed by atoms with E-state index in [0.717, 1.165) is 25.3 Å². The third-order valence-corrected chi connectivity index (χ3v) is 4.20. The maximum absolute atomic E-state index is 12.1. The minimum Gasteiger partial charge on any atom is -0.459 e. The molecule has 2 aliphatic carbocycles. The molecule has 2 atom stereocenters. The second kappa shape index (κ2) is 3.59. The van der Waals surface area contributed by atoms with Crippen LogP contribution >= 0.6 is 0 Å². The molecule has 4 fully saturated rings. The van der Waals surface area contributed by atoms with Gasteiger partial charge in [-0.2, -0.15) is 0 Å². The van der Waals surface area contributed by atoms with E-state index in [0.29, 0.717) is 24.7 Å². The van der Waals surface area contributed by atoms with Crippen LogP contribution in [0.15, 0.2) is 12.7 Å². The molecule has 0 amide bonds. The van der Waals surface area contributed by atoms with Gasteiger partial charge in [-0.1, -0.05) is 6.58 Å². The minimum absolute atomic E-state index is 0.0399. The first-order valence-corrected chi connectivity index (χ1v) is 6.18. The van der Waals surface area contributed by atoms with Crippen molar-refractivity contribution in [2.45, 2.75) is 43.8 Å². The summed E-state index contributed by atoms with van der Waals surface area (Å²) in [5.74, 6) is 0.0391. The Labute approximate surface area is 100.0 Å². The SMILES string of the molecule is C=CC(=O)OC12CC3CC(CC(C3)OC1=O)C2. The lowest BCUT2D eigenvalue weighted by Gasteiger charge is -2.41. The highest BCUT2D eigenvalue weighted by Crippen LogP contribution is 2.50. The van der Waals surface area contributed by atoms with Crippen LogP contribution < -0.4 is 0 Å². The molecule has 2 saturated heterocycles. The van der Waals surface area contributed by atoms with Crippen LogP contribution in [0.3, 0.4) is 0 Å². The number of esters is 2. The van der Waals surface area contributed by atoms with Gasteiger partial charge in [0.25, 0.3) is 0 Å². The van der Waals surface area contributed by atoms with Crippen LogP contribution in [0.5, 0.6) is 0 Å². The number of rotatable bonds is 2. The maximum Gasteiger partial charge on any atom is 0.350 e. The van der Waals surface area contributed by atoms with Gasteiger partial charge in [0.05, 0.1) is 0 Å². The van der Waals surface area contributed by atoms with Gasteiger partial charge in [0.15, 0.2) is 0 Å². The van der Waals surface area contributed by atoms with Crippen LogP contribution in [0.2, 0.25) is 0 Å². The molecule has 4 nitrogen and oxygen atoms in total. The van der Waals surface area contributed by atoms with Crippen molar-refractivity contribution in [1.29, 1.82) is 0 Å². The van der Waals surface area contributed by atoms with Gasteiger partial charge in [-0.15, -0.1) is 0 Å². The van der Waals surface area contributed by atoms with Gasteiger partial charge in [-0.05, 0) is 31.1 Å². The van der Waals surface area contributed by atoms with Crippen molar-refractivity contribution in [3.05, 3.63) is 12.7 Å². The molecule has 2 unspecified atom stereocenters. The molecule has 4 rings (SSSR count). The van der Waals surface area contributed by atoms with Crippen molar-refractivity contribution in [3.63, 3.8) is 0 Å². The summed E-state index contributed by atoms with van der Waals surface area (Å²) in [5, 5.41) is 0. The van der Waals surface area contributed by atoms with Crippen LogP contribution in [-0.4, -0.2) is 23.6 Å². The molecule has 0 aromatic rings. The monoisotopic (exact) mass is 236 g/mol. The number of hydrogen-bond donors (Lipinski definition) is 0. The van der Waals surface area contributed by atoms with Crippen LogP contribution in [0.4, 0.5) is 0 Å². The molecule has 2 saturated carbocycles. The van der Waals surface area contributed by atoms with Gasteiger partial charge in [0.2, 0.25) is 5.60 Å². The van der Waals surface area contributed by atoms with E-state index in [1.165, 1.54) is 0 Å². The summed E-state index contributed by atoms with van der Waals surface area (Å²) in [6, 6.07) is 0. The zero-order valence-electron chi connectivity index (χ0n) is 9.69. The number of fused-ring (bicyclic) bond motifs is 1. The first kappa shape index (κ1) is 10.8. The summed E-state index contributed by atoms with van der Waals surface area (Å²) in [6.07, 6.45) is 5.39. The van der Waals surface area contributed by atoms with Gasteiger partial charge in [0, 0.05) is 18.9 Å². The maximum atomic E-state index is 12.1. The molecule has 0 N–H and O–H groups in total. The Balaban J connectivity index is 1.93. The largest absolute Gasteiger partial charge is 0.459 e. The molecule has 92 valence electrons. The van der Waals surface area contributed by atoms with E-state index in [1.807, 2.05) is 0 Å². The standard InChI is InChI=1S/C13H16O4/c1-2-11(14)17-13-6-8-3-9(7-13)5-10(4-8)16-12(13)15/h2,8-10H,1,3-7H2. The quantitative estimate of drug-likeness (QED) is 0.539. The Kier molecular flexibility index (Phi) is 2.28. The lowest BCUT2D eigenvalue weighted by molar-refractivity contribution is -0.182. The Bertz CT molecular complexity index is 373. The molecular weight excluding hydrogens is 220 g/mol. The fourth-order valence-corrected chi connectivity index (χ4v) is 3.73. The summed E-state index contributed by atoms with van der Waals surface area (Å²) >= 11 is 0. The van der Waals surface area contributed by atoms with E-state index in [4.69, 9.17) is 9.47 Å². The Morgan fingerprint density at radius 2 is 2.00 bits per heavy atom. The molecule has 0 radical (unpaired) electrons. The predicted octanol–water partition coefficient (Wildman–Crippen LogP) is 1.59. The lowest BCUT2D eigenvalue weighted by Crippen LogP contribution is -2.48. The molecule has 0 aromatic heterocycles. The van der Waals surface area contributed by atoms with Crippen molar-refractivity contribution < 1.29 is 19.1 Å². The normalized spacial score (nSPS) is 42.8. The summed E-state index contributed by atoms with van der Waals surface area (Å²) in [4.78, 5) is 23.5. The van der Waals surface area contributed by atoms with Crippen molar-refractivity contribution in [2.75, 3.05) is 0 Å². The molecular formula is C13H16O4. The summed E-state index contributed by atoms with van der Waals surface area (Å²) < 4.78 is 10.8. The zero-order chi connectivity index (χ0) is 12.0. The van der Waals surface area contributed by atoms with Gasteiger partial charge in [0.1, 0.15) is 6.10 Å². The fourth-order valence-electron chi connectivity index (χ4n) is 3.73. The Morgan fingerprint density at radius 1 is 1.35 bits per heavy atom. The van der Waals surface area contributed by atoms with Crippen molar-refractivity contribution in [3.8, 4) is 0 Å². The first-order chi connectivity index (χ1) is 8.11. The number of hydrogen-bond acceptors (Lipinski definition) is 4. The highest BCUT2D eigenvalue weighted by Gasteiger charge is 2.56. The van der Waals surface area contributed by atoms with Crippen LogP contribution in [0.25, 0.3) is 0 Å². The summed E-state index contributed by atoms with van der Waals surface area (Å²) in [5.41, 5.74) is -1.02. The fraction of sp³-hybridized carbons (Fsp3) is 0.692. The van der Waals surface area contributed by atoms with Crippen LogP contribution in [0, 0.1) is 11.8 Å². The predicted molar refractivity (Wildman–Crippen MR) is 59.0 cm³/mol. The summed E-state index contributed by atoms with van der Waals surface area (Å²) in [6.45, 7) is 3.38. The molecule has 4 bridgehead atoms. The third kappa shape index (κ3) is 1.66. The zero-order valence-corrected chi connectivity index (χ0v) is 9.69. The van der Waals surface area contributed by atoms with Gasteiger partial charge < -0.3 is 9.47 Å². The molecule has 4 heteroatoms. The van der Waals surface area contributed by atoms with Crippen molar-refractivity contribution in [2.24, 2.45) is 11.8 Å². The van der Waals surface area contributed by atoms with Crippen LogP contribution in [0.1, 0.15) is 32.1 Å². The average molecular weight is 236 g/mol. The topological polar surface area (TPSA) is 52.6 Å². The minimum atomic E-state index is -1.02. The molecule has 2 heterocycles. The van der Waals surface area contributed by atoms with Gasteiger partial charge in [-0.3, -0.25) is 0 Å². The first-order valence-electron chi connectivity index (χ1n) is 6.18. The number of ether oxygens (including phenoxy) is 2. The van der Waals surface area contributed by atoms with E-state index in [-0.39, 0.29) is 12.1 Å². The van der Waals surface area contributed by atoms with E-state index in [2.05, 4.69) is 6.58 Å². The second-order valence-corrected chi connectivity index (χ2v) is 5.49. The van der Waals surface area contributed by atoms with Gasteiger partial charge >= 0.3 is 11.9 Å². The Hall–Kier alpha value is -1.32. The van der Waals surface area contributed by atoms with Crippen molar-refractivity contribution in [1.82, 2.24) is 0 Å². The lowest BCUT2D eigenvalue weighted by atomic mass is 9.66. The molecule has 0 aromatic carbocycles. The van der Waals surface area contributed by atoms with Crippen molar-refractivity contribution >= 4 is 11.9 Å². The highest BCUT2D eigenvalue weighted by atomic mass is 16.6. The molecule has 0 spiro atoms. The molecule has 4 aliphatic rings. The number of carbonyl (C=O) groups excluding carboxylic acids is 2. The van der Waals surface area contributed by atoms with Crippen LogP contribution in [-0.2, 0) is 19.1 Å². The van der Waals surface area contributed by atoms with E-state index in [9.17, 15) is 9.59 Å². The second-order valence-electron chi connectivity index (χ2n) is 5.49. The molecule has 17 heavy (non-hydrogen) atoms. The van der Waals surface area contributed by atoms with E-state index in [1.54, 1.807) is 0 Å².